The smallest absolute Gasteiger partial charge is 0.269 e. The lowest BCUT2D eigenvalue weighted by Crippen LogP contribution is -2.25. The highest BCUT2D eigenvalue weighted by atomic mass is 16.5. The maximum Gasteiger partial charge on any atom is 0.269 e. The second-order valence-corrected chi connectivity index (χ2v) is 9.15. The highest BCUT2D eigenvalue weighted by Gasteiger charge is 2.12. The number of aromatic nitrogens is 3. The predicted octanol–water partition coefficient (Wildman–Crippen LogP) is 4.50. The Morgan fingerprint density at radius 3 is 2.62 bits per heavy atom. The molecule has 2 aromatic heterocycles. The van der Waals surface area contributed by atoms with Crippen molar-refractivity contribution in [2.24, 2.45) is 18.6 Å². The molecule has 0 saturated carbocycles. The van der Waals surface area contributed by atoms with Gasteiger partial charge in [0.15, 0.2) is 0 Å². The zero-order valence-electron chi connectivity index (χ0n) is 22.2. The number of carbonyl (C=O) groups excluding carboxylic acids is 1. The van der Waals surface area contributed by atoms with E-state index in [9.17, 15) is 4.79 Å². The van der Waals surface area contributed by atoms with Crippen molar-refractivity contribution in [3.63, 3.8) is 0 Å². The van der Waals surface area contributed by atoms with E-state index in [-0.39, 0.29) is 11.6 Å². The molecule has 40 heavy (non-hydrogen) atoms. The van der Waals surface area contributed by atoms with Crippen LogP contribution in [0, 0.1) is 0 Å². The minimum absolute atomic E-state index is 0.276. The summed E-state index contributed by atoms with van der Waals surface area (Å²) in [6, 6.07) is 26.6. The maximum atomic E-state index is 11.9. The van der Waals surface area contributed by atoms with Gasteiger partial charge in [0.1, 0.15) is 17.2 Å². The number of rotatable bonds is 9. The predicted molar refractivity (Wildman–Crippen MR) is 156 cm³/mol. The Labute approximate surface area is 231 Å². The Morgan fingerprint density at radius 2 is 1.82 bits per heavy atom. The van der Waals surface area contributed by atoms with Crippen molar-refractivity contribution in [1.82, 2.24) is 24.9 Å². The van der Waals surface area contributed by atoms with Crippen LogP contribution in [0.5, 0.6) is 11.5 Å². The fourth-order valence-corrected chi connectivity index (χ4v) is 4.22. The molecule has 2 heterocycles. The minimum atomic E-state index is -0.282. The maximum absolute atomic E-state index is 11.9. The summed E-state index contributed by atoms with van der Waals surface area (Å²) in [5, 5.41) is 7.50. The van der Waals surface area contributed by atoms with Gasteiger partial charge in [-0.1, -0.05) is 42.5 Å². The second kappa shape index (κ2) is 11.6. The summed E-state index contributed by atoms with van der Waals surface area (Å²) in [6.45, 7) is 0.543. The molecule has 0 spiro atoms. The van der Waals surface area contributed by atoms with E-state index in [1.807, 2.05) is 84.4 Å². The highest BCUT2D eigenvalue weighted by Crippen LogP contribution is 2.28. The lowest BCUT2D eigenvalue weighted by molar-refractivity contribution is 0.0958. The summed E-state index contributed by atoms with van der Waals surface area (Å²) >= 11 is 0. The summed E-state index contributed by atoms with van der Waals surface area (Å²) in [5.74, 6) is 7.64. The molecule has 6 N–H and O–H groups in total. The largest absolute Gasteiger partial charge is 0.457 e. The zero-order chi connectivity index (χ0) is 28.1. The SMILES string of the molecule is CNC(=O)c1cc(Oc2ccc3c(c2)nc(Nc2cccc(/C(N)=C/N(N)Cc4ccccc4)c2)n3C)ccn1. The molecular weight excluding hydrogens is 504 g/mol. The van der Waals surface area contributed by atoms with Crippen molar-refractivity contribution in [2.45, 2.75) is 6.54 Å². The molecule has 1 amide bonds. The standard InChI is InChI=1S/C30H30N8O2/c1-33-29(39)27-17-24(13-14-34-27)40-23-11-12-28-26(16-23)36-30(37(28)2)35-22-10-6-9-21(15-22)25(31)19-38(32)18-20-7-4-3-5-8-20/h3-17,19H,18,31-32H2,1-2H3,(H,33,39)(H,35,36)/b25-19-. The van der Waals surface area contributed by atoms with Crippen LogP contribution in [0.1, 0.15) is 21.6 Å². The van der Waals surface area contributed by atoms with Gasteiger partial charge in [0.25, 0.3) is 5.91 Å². The number of aryl methyl sites for hydroxylation is 1. The van der Waals surface area contributed by atoms with Gasteiger partial charge < -0.3 is 30.7 Å². The number of fused-ring (bicyclic) bond motifs is 1. The van der Waals surface area contributed by atoms with Gasteiger partial charge in [-0.25, -0.2) is 10.8 Å². The molecule has 0 saturated heterocycles. The van der Waals surface area contributed by atoms with E-state index in [0.29, 0.717) is 29.7 Å². The minimum Gasteiger partial charge on any atom is -0.457 e. The third-order valence-corrected chi connectivity index (χ3v) is 6.24. The molecule has 0 radical (unpaired) electrons. The number of pyridine rings is 1. The van der Waals surface area contributed by atoms with Gasteiger partial charge >= 0.3 is 0 Å². The second-order valence-electron chi connectivity index (χ2n) is 9.15. The molecule has 0 aliphatic rings. The summed E-state index contributed by atoms with van der Waals surface area (Å²) in [6.07, 6.45) is 3.26. The van der Waals surface area contributed by atoms with Crippen molar-refractivity contribution >= 4 is 34.3 Å². The van der Waals surface area contributed by atoms with Crippen molar-refractivity contribution in [1.29, 1.82) is 0 Å². The number of ether oxygens (including phenoxy) is 1. The summed E-state index contributed by atoms with van der Waals surface area (Å²) in [5.41, 5.74) is 11.6. The Balaban J connectivity index is 1.32. The molecular formula is C30H30N8O2. The number of benzene rings is 3. The number of anilines is 2. The Hall–Kier alpha value is -5.35. The van der Waals surface area contributed by atoms with Crippen LogP contribution in [0.2, 0.25) is 0 Å². The van der Waals surface area contributed by atoms with E-state index in [0.717, 1.165) is 27.8 Å². The van der Waals surface area contributed by atoms with Gasteiger partial charge in [0, 0.05) is 49.9 Å². The highest BCUT2D eigenvalue weighted by molar-refractivity contribution is 5.92. The van der Waals surface area contributed by atoms with Crippen LogP contribution in [-0.4, -0.2) is 32.5 Å². The first kappa shape index (κ1) is 26.3. The number of hydrogen-bond acceptors (Lipinski definition) is 8. The molecule has 10 nitrogen and oxygen atoms in total. The summed E-state index contributed by atoms with van der Waals surface area (Å²) in [4.78, 5) is 20.7. The van der Waals surface area contributed by atoms with E-state index in [1.54, 1.807) is 30.4 Å². The van der Waals surface area contributed by atoms with Crippen LogP contribution in [-0.2, 0) is 13.6 Å². The van der Waals surface area contributed by atoms with Crippen LogP contribution in [0.25, 0.3) is 16.7 Å². The molecule has 0 aliphatic heterocycles. The first-order chi connectivity index (χ1) is 19.4. The first-order valence-corrected chi connectivity index (χ1v) is 12.6. The van der Waals surface area contributed by atoms with Crippen LogP contribution in [0.15, 0.2) is 97.3 Å². The number of hydrogen-bond donors (Lipinski definition) is 4. The van der Waals surface area contributed by atoms with Crippen molar-refractivity contribution in [3.05, 3.63) is 114 Å². The normalized spacial score (nSPS) is 11.3. The van der Waals surface area contributed by atoms with Crippen LogP contribution in [0.3, 0.4) is 0 Å². The number of nitrogens with two attached hydrogens (primary N) is 2. The number of imidazole rings is 1. The van der Waals surface area contributed by atoms with Gasteiger partial charge in [0.05, 0.1) is 23.3 Å². The van der Waals surface area contributed by atoms with Gasteiger partial charge in [0.2, 0.25) is 5.95 Å². The van der Waals surface area contributed by atoms with Gasteiger partial charge in [-0.15, -0.1) is 0 Å². The molecule has 5 aromatic rings. The van der Waals surface area contributed by atoms with E-state index in [4.69, 9.17) is 21.3 Å². The average Bonchev–Trinajstić information content (AvgIpc) is 3.27. The number of hydrazine groups is 1. The number of carbonyl (C=O) groups is 1. The quantitative estimate of drug-likeness (QED) is 0.160. The molecule has 0 bridgehead atoms. The molecule has 202 valence electrons. The molecule has 0 atom stereocenters. The molecule has 0 aliphatic carbocycles. The Morgan fingerprint density at radius 1 is 1.02 bits per heavy atom. The zero-order valence-corrected chi connectivity index (χ0v) is 22.2. The number of nitrogens with one attached hydrogen (secondary N) is 2. The third kappa shape index (κ3) is 6.03. The van der Waals surface area contributed by atoms with Gasteiger partial charge in [-0.05, 0) is 35.9 Å². The van der Waals surface area contributed by atoms with Crippen LogP contribution in [0.4, 0.5) is 11.6 Å². The van der Waals surface area contributed by atoms with E-state index < -0.39 is 0 Å². The molecule has 0 fully saturated rings. The lowest BCUT2D eigenvalue weighted by Gasteiger charge is -2.15. The summed E-state index contributed by atoms with van der Waals surface area (Å²) < 4.78 is 7.94. The molecule has 3 aromatic carbocycles. The third-order valence-electron chi connectivity index (χ3n) is 6.24. The Kier molecular flexibility index (Phi) is 7.61. The number of amides is 1. The lowest BCUT2D eigenvalue weighted by atomic mass is 10.1. The fraction of sp³-hybridized carbons (Fsp3) is 0.100. The average molecular weight is 535 g/mol. The summed E-state index contributed by atoms with van der Waals surface area (Å²) in [7, 11) is 3.49. The first-order valence-electron chi connectivity index (χ1n) is 12.6. The van der Waals surface area contributed by atoms with Crippen molar-refractivity contribution < 1.29 is 9.53 Å². The van der Waals surface area contributed by atoms with Crippen LogP contribution >= 0.6 is 0 Å². The van der Waals surface area contributed by atoms with Crippen LogP contribution < -0.4 is 26.9 Å². The monoisotopic (exact) mass is 534 g/mol. The van der Waals surface area contributed by atoms with Gasteiger partial charge in [-0.3, -0.25) is 9.78 Å². The van der Waals surface area contributed by atoms with E-state index in [1.165, 1.54) is 6.20 Å². The Bertz CT molecular complexity index is 1680. The fourth-order valence-electron chi connectivity index (χ4n) is 4.22. The van der Waals surface area contributed by atoms with Gasteiger partial charge in [-0.2, -0.15) is 0 Å². The van der Waals surface area contributed by atoms with E-state index >= 15 is 0 Å². The molecule has 5 rings (SSSR count). The molecule has 10 heteroatoms. The van der Waals surface area contributed by atoms with E-state index in [2.05, 4.69) is 15.6 Å². The van der Waals surface area contributed by atoms with Crippen molar-refractivity contribution in [3.8, 4) is 11.5 Å². The topological polar surface area (TPSA) is 136 Å². The van der Waals surface area contributed by atoms with Crippen molar-refractivity contribution in [2.75, 3.05) is 12.4 Å². The number of nitrogens with zero attached hydrogens (tertiary/aromatic N) is 4. The molecule has 0 unspecified atom stereocenters.